The number of ketones is 1. The molecule has 6 nitrogen and oxygen atoms in total. The van der Waals surface area contributed by atoms with Gasteiger partial charge < -0.3 is 0 Å². The number of carbonyl (C=O) groups excluding carboxylic acids is 1. The van der Waals surface area contributed by atoms with Gasteiger partial charge in [0.1, 0.15) is 0 Å². The number of nitro groups is 1. The fourth-order valence-corrected chi connectivity index (χ4v) is 4.15. The van der Waals surface area contributed by atoms with Crippen molar-refractivity contribution in [3.05, 3.63) is 39.9 Å². The first kappa shape index (κ1) is 16.5. The lowest BCUT2D eigenvalue weighted by atomic mass is 10.1. The zero-order chi connectivity index (χ0) is 14.8. The molecule has 0 aromatic heterocycles. The fraction of sp³-hybridized carbons (Fsp3) is 0.300. The first-order valence-electron chi connectivity index (χ1n) is 5.03. The first-order chi connectivity index (χ1) is 8.63. The van der Waals surface area contributed by atoms with Crippen molar-refractivity contribution in [2.75, 3.05) is 5.75 Å². The summed E-state index contributed by atoms with van der Waals surface area (Å²) in [5, 5.41) is 10.5. The van der Waals surface area contributed by atoms with Crippen LogP contribution in [0.4, 0.5) is 5.69 Å². The summed E-state index contributed by atoms with van der Waals surface area (Å²) in [7, 11) is -3.65. The Labute approximate surface area is 131 Å². The van der Waals surface area contributed by atoms with Crippen molar-refractivity contribution in [2.45, 2.75) is 8.59 Å². The second kappa shape index (κ2) is 5.83. The van der Waals surface area contributed by atoms with Crippen LogP contribution in [0.1, 0.15) is 17.3 Å². The predicted octanol–water partition coefficient (Wildman–Crippen LogP) is 2.70. The molecule has 0 saturated heterocycles. The van der Waals surface area contributed by atoms with E-state index in [1.54, 1.807) is 0 Å². The molecule has 0 radical (unpaired) electrons. The fourth-order valence-electron chi connectivity index (χ4n) is 1.23. The van der Waals surface area contributed by atoms with E-state index in [-0.39, 0.29) is 17.0 Å². The lowest BCUT2D eigenvalue weighted by Crippen LogP contribution is -2.35. The molecule has 9 heteroatoms. The van der Waals surface area contributed by atoms with E-state index in [0.717, 1.165) is 12.1 Å². The van der Waals surface area contributed by atoms with E-state index in [2.05, 4.69) is 15.9 Å². The van der Waals surface area contributed by atoms with Crippen LogP contribution in [0, 0.1) is 10.1 Å². The highest BCUT2D eigenvalue weighted by Crippen LogP contribution is 2.37. The molecule has 0 N–H and O–H groups in total. The number of non-ortho nitro benzene ring substituents is 1. The second-order valence-corrected chi connectivity index (χ2v) is 11.5. The van der Waals surface area contributed by atoms with E-state index >= 15 is 0 Å². The summed E-state index contributed by atoms with van der Waals surface area (Å²) in [6.07, 6.45) is 0. The third-order valence-electron chi connectivity index (χ3n) is 2.38. The highest BCUT2D eigenvalue weighted by Gasteiger charge is 2.45. The number of halogens is 2. The molecule has 104 valence electrons. The van der Waals surface area contributed by atoms with Crippen molar-refractivity contribution >= 4 is 59.8 Å². The number of benzene rings is 1. The van der Waals surface area contributed by atoms with Crippen LogP contribution < -0.4 is 0 Å². The van der Waals surface area contributed by atoms with Gasteiger partial charge in [-0.05, 0) is 50.7 Å². The van der Waals surface area contributed by atoms with Gasteiger partial charge in [0, 0.05) is 17.7 Å². The van der Waals surface area contributed by atoms with Gasteiger partial charge in [0.05, 0.1) is 10.7 Å². The zero-order valence-electron chi connectivity index (χ0n) is 9.67. The summed E-state index contributed by atoms with van der Waals surface area (Å²) in [4.78, 5) is 22.1. The summed E-state index contributed by atoms with van der Waals surface area (Å²) in [6.45, 7) is 1.44. The van der Waals surface area contributed by atoms with Crippen LogP contribution in [0.5, 0.6) is 0 Å². The van der Waals surface area contributed by atoms with Crippen molar-refractivity contribution in [1.82, 2.24) is 0 Å². The molecule has 19 heavy (non-hydrogen) atoms. The SMILES string of the molecule is CCS(=O)(=O)[C@](Br)(I)C(=O)c1ccc([N+](=O)[O-])cc1. The van der Waals surface area contributed by atoms with Crippen LogP contribution in [0.3, 0.4) is 0 Å². The minimum Gasteiger partial charge on any atom is -0.290 e. The third kappa shape index (κ3) is 3.31. The molecule has 0 saturated carbocycles. The number of alkyl halides is 2. The quantitative estimate of drug-likeness (QED) is 0.221. The number of Topliss-reactive ketones (excluding diaryl/α,β-unsaturated/α-hetero) is 1. The van der Waals surface area contributed by atoms with E-state index < -0.39 is 22.2 Å². The average Bonchev–Trinajstić information content (AvgIpc) is 2.37. The summed E-state index contributed by atoms with van der Waals surface area (Å²) < 4.78 is 21.9. The van der Waals surface area contributed by atoms with Gasteiger partial charge >= 0.3 is 0 Å². The molecule has 0 bridgehead atoms. The standard InChI is InChI=1S/C10H9BrINO5S/c1-2-19(17,18)10(11,12)9(14)7-3-5-8(6-4-7)13(15)16/h3-6H,2H2,1H3/t10-/m1/s1. The molecule has 0 unspecified atom stereocenters. The molecule has 1 aromatic rings. The maximum atomic E-state index is 12.1. The highest BCUT2D eigenvalue weighted by atomic mass is 127. The van der Waals surface area contributed by atoms with Crippen LogP contribution in [0.15, 0.2) is 24.3 Å². The van der Waals surface area contributed by atoms with Gasteiger partial charge in [-0.15, -0.1) is 0 Å². The Morgan fingerprint density at radius 2 is 1.89 bits per heavy atom. The number of sulfone groups is 1. The smallest absolute Gasteiger partial charge is 0.269 e. The molecule has 0 aliphatic carbocycles. The third-order valence-corrected chi connectivity index (χ3v) is 8.44. The van der Waals surface area contributed by atoms with E-state index in [0.29, 0.717) is 0 Å². The Hall–Kier alpha value is -0.550. The summed E-state index contributed by atoms with van der Waals surface area (Å²) in [6, 6.07) is 4.79. The Kier molecular flexibility index (Phi) is 5.07. The maximum absolute atomic E-state index is 12.1. The molecule has 0 fully saturated rings. The minimum atomic E-state index is -3.65. The summed E-state index contributed by atoms with van der Waals surface area (Å²) >= 11 is 4.44. The number of hydrogen-bond acceptors (Lipinski definition) is 5. The van der Waals surface area contributed by atoms with E-state index in [1.165, 1.54) is 41.6 Å². The van der Waals surface area contributed by atoms with Crippen molar-refractivity contribution in [1.29, 1.82) is 0 Å². The topological polar surface area (TPSA) is 94.3 Å². The van der Waals surface area contributed by atoms with Crippen molar-refractivity contribution in [3.63, 3.8) is 0 Å². The van der Waals surface area contributed by atoms with Gasteiger partial charge in [0.25, 0.3) is 5.69 Å². The van der Waals surface area contributed by atoms with Crippen LogP contribution in [-0.4, -0.2) is 26.5 Å². The largest absolute Gasteiger partial charge is 0.290 e. The molecule has 1 aromatic carbocycles. The lowest BCUT2D eigenvalue weighted by Gasteiger charge is -2.18. The summed E-state index contributed by atoms with van der Waals surface area (Å²) in [5.74, 6) is -0.857. The van der Waals surface area contributed by atoms with Crippen LogP contribution in [-0.2, 0) is 9.84 Å². The molecule has 1 rings (SSSR count). The number of nitro benzene ring substituents is 1. The first-order valence-corrected chi connectivity index (χ1v) is 8.55. The van der Waals surface area contributed by atoms with Gasteiger partial charge in [0.2, 0.25) is 7.45 Å². The number of carbonyl (C=O) groups is 1. The molecular formula is C10H9BrINO5S. The van der Waals surface area contributed by atoms with Gasteiger partial charge in [-0.25, -0.2) is 8.42 Å². The predicted molar refractivity (Wildman–Crippen MR) is 82.6 cm³/mol. The van der Waals surface area contributed by atoms with E-state index in [9.17, 15) is 23.3 Å². The second-order valence-electron chi connectivity index (χ2n) is 3.55. The van der Waals surface area contributed by atoms with Gasteiger partial charge in [0.15, 0.2) is 9.84 Å². The molecule has 0 amide bonds. The molecular weight excluding hydrogens is 453 g/mol. The Balaban J connectivity index is 3.17. The van der Waals surface area contributed by atoms with Crippen LogP contribution in [0.25, 0.3) is 0 Å². The maximum Gasteiger partial charge on any atom is 0.269 e. The van der Waals surface area contributed by atoms with Crippen molar-refractivity contribution in [3.8, 4) is 0 Å². The molecule has 1 atom stereocenters. The molecule has 0 aliphatic heterocycles. The van der Waals surface area contributed by atoms with Crippen molar-refractivity contribution < 1.29 is 18.1 Å². The average molecular weight is 462 g/mol. The molecule has 0 aliphatic rings. The van der Waals surface area contributed by atoms with Crippen LogP contribution >= 0.6 is 38.5 Å². The van der Waals surface area contributed by atoms with Gasteiger partial charge in [-0.2, -0.15) is 0 Å². The van der Waals surface area contributed by atoms with Crippen LogP contribution in [0.2, 0.25) is 0 Å². The van der Waals surface area contributed by atoms with Crippen molar-refractivity contribution in [2.24, 2.45) is 0 Å². The zero-order valence-corrected chi connectivity index (χ0v) is 14.2. The van der Waals surface area contributed by atoms with E-state index in [4.69, 9.17) is 0 Å². The monoisotopic (exact) mass is 461 g/mol. The summed E-state index contributed by atoms with van der Waals surface area (Å²) in [5.41, 5.74) is -0.0718. The lowest BCUT2D eigenvalue weighted by molar-refractivity contribution is -0.384. The minimum absolute atomic E-state index is 0.0916. The van der Waals surface area contributed by atoms with Gasteiger partial charge in [-0.3, -0.25) is 14.9 Å². The number of rotatable bonds is 5. The van der Waals surface area contributed by atoms with Gasteiger partial charge in [-0.1, -0.05) is 6.92 Å². The number of nitrogens with zero attached hydrogens (tertiary/aromatic N) is 1. The highest BCUT2D eigenvalue weighted by molar-refractivity contribution is 14.1. The molecule has 0 heterocycles. The number of hydrogen-bond donors (Lipinski definition) is 0. The van der Waals surface area contributed by atoms with E-state index in [1.807, 2.05) is 0 Å². The molecule has 0 spiro atoms. The Bertz CT molecular complexity index is 611. The Morgan fingerprint density at radius 1 is 1.42 bits per heavy atom. The normalized spacial score (nSPS) is 14.7. The Morgan fingerprint density at radius 3 is 2.26 bits per heavy atom.